The normalized spacial score (nSPS) is 16.2. The number of amides is 1. The van der Waals surface area contributed by atoms with Crippen LogP contribution < -0.4 is 10.2 Å². The molecule has 0 spiro atoms. The molecule has 1 fully saturated rings. The summed E-state index contributed by atoms with van der Waals surface area (Å²) in [5, 5.41) is 7.59. The van der Waals surface area contributed by atoms with Gasteiger partial charge in [-0.25, -0.2) is 4.68 Å². The molecule has 5 nitrogen and oxygen atoms in total. The van der Waals surface area contributed by atoms with E-state index in [4.69, 9.17) is 0 Å². The molecule has 1 N–H and O–H groups in total. The van der Waals surface area contributed by atoms with Crippen molar-refractivity contribution in [2.24, 2.45) is 5.92 Å². The predicted molar refractivity (Wildman–Crippen MR) is 120 cm³/mol. The van der Waals surface area contributed by atoms with E-state index >= 15 is 0 Å². The number of anilines is 1. The number of carbonyl (C=O) groups is 1. The molecule has 1 aliphatic heterocycles. The maximum absolute atomic E-state index is 12.6. The topological polar surface area (TPSA) is 50.2 Å². The molecule has 1 saturated heterocycles. The summed E-state index contributed by atoms with van der Waals surface area (Å²) in [4.78, 5) is 14.9. The van der Waals surface area contributed by atoms with Gasteiger partial charge >= 0.3 is 0 Å². The van der Waals surface area contributed by atoms with Crippen molar-refractivity contribution in [3.05, 3.63) is 76.0 Å². The van der Waals surface area contributed by atoms with E-state index in [9.17, 15) is 4.79 Å². The Labute approximate surface area is 179 Å². The first-order valence-corrected chi connectivity index (χ1v) is 10.7. The fourth-order valence-electron chi connectivity index (χ4n) is 3.89. The fourth-order valence-corrected chi connectivity index (χ4v) is 4.28. The Morgan fingerprint density at radius 1 is 1.14 bits per heavy atom. The lowest BCUT2D eigenvalue weighted by Gasteiger charge is -2.19. The summed E-state index contributed by atoms with van der Waals surface area (Å²) < 4.78 is 2.99. The van der Waals surface area contributed by atoms with Crippen LogP contribution in [-0.2, 0) is 0 Å². The van der Waals surface area contributed by atoms with Gasteiger partial charge in [0.15, 0.2) is 0 Å². The zero-order valence-corrected chi connectivity index (χ0v) is 18.3. The largest absolute Gasteiger partial charge is 0.371 e. The molecule has 2 aromatic carbocycles. The van der Waals surface area contributed by atoms with E-state index < -0.39 is 0 Å². The molecule has 2 heterocycles. The minimum atomic E-state index is -0.0224. The van der Waals surface area contributed by atoms with Crippen LogP contribution in [0.15, 0.2) is 59.1 Å². The van der Waals surface area contributed by atoms with Crippen molar-refractivity contribution in [3.8, 4) is 5.69 Å². The Morgan fingerprint density at radius 3 is 2.62 bits per heavy atom. The second kappa shape index (κ2) is 8.41. The van der Waals surface area contributed by atoms with Crippen molar-refractivity contribution < 1.29 is 4.79 Å². The summed E-state index contributed by atoms with van der Waals surface area (Å²) in [6.07, 6.45) is 1.09. The van der Waals surface area contributed by atoms with Crippen LogP contribution in [0.2, 0.25) is 0 Å². The molecule has 6 heteroatoms. The van der Waals surface area contributed by atoms with Crippen molar-refractivity contribution in [1.29, 1.82) is 0 Å². The van der Waals surface area contributed by atoms with Crippen molar-refractivity contribution in [2.75, 3.05) is 24.5 Å². The molecule has 0 bridgehead atoms. The van der Waals surface area contributed by atoms with Crippen LogP contribution in [0.5, 0.6) is 0 Å². The van der Waals surface area contributed by atoms with Gasteiger partial charge in [0.05, 0.1) is 11.4 Å². The second-order valence-corrected chi connectivity index (χ2v) is 8.59. The molecule has 29 heavy (non-hydrogen) atoms. The molecule has 4 rings (SSSR count). The first-order chi connectivity index (χ1) is 14.0. The summed E-state index contributed by atoms with van der Waals surface area (Å²) in [5.41, 5.74) is 4.94. The highest BCUT2D eigenvalue weighted by molar-refractivity contribution is 9.10. The number of hydrogen-bond acceptors (Lipinski definition) is 3. The van der Waals surface area contributed by atoms with Crippen LogP contribution in [0.3, 0.4) is 0 Å². The molecule has 1 aliphatic rings. The monoisotopic (exact) mass is 452 g/mol. The molecule has 1 unspecified atom stereocenters. The van der Waals surface area contributed by atoms with Crippen LogP contribution in [0.1, 0.15) is 28.2 Å². The third kappa shape index (κ3) is 4.53. The number of carbonyl (C=O) groups excluding carboxylic acids is 1. The van der Waals surface area contributed by atoms with Gasteiger partial charge in [-0.05, 0) is 74.7 Å². The minimum absolute atomic E-state index is 0.0224. The average molecular weight is 453 g/mol. The third-order valence-corrected chi connectivity index (χ3v) is 5.89. The Morgan fingerprint density at radius 2 is 1.93 bits per heavy atom. The SMILES string of the molecule is Cc1cc(C)n(-c2ccc(C(=O)NCC3CCN(c4cccc(Br)c4)C3)cc2)n1. The molecule has 0 radical (unpaired) electrons. The van der Waals surface area contributed by atoms with Gasteiger partial charge in [-0.2, -0.15) is 5.10 Å². The lowest BCUT2D eigenvalue weighted by Crippen LogP contribution is -2.31. The molecule has 3 aromatic rings. The van der Waals surface area contributed by atoms with Gasteiger partial charge in [0.25, 0.3) is 5.91 Å². The summed E-state index contributed by atoms with van der Waals surface area (Å²) >= 11 is 3.54. The van der Waals surface area contributed by atoms with Crippen molar-refractivity contribution in [3.63, 3.8) is 0 Å². The number of aryl methyl sites for hydroxylation is 2. The first kappa shape index (κ1) is 19.7. The molecule has 0 aliphatic carbocycles. The Kier molecular flexibility index (Phi) is 5.72. The maximum atomic E-state index is 12.6. The van der Waals surface area contributed by atoms with E-state index in [-0.39, 0.29) is 5.91 Å². The number of halogens is 1. The van der Waals surface area contributed by atoms with E-state index in [1.165, 1.54) is 5.69 Å². The van der Waals surface area contributed by atoms with Gasteiger partial charge in [0, 0.05) is 41.1 Å². The van der Waals surface area contributed by atoms with E-state index in [1.807, 2.05) is 54.9 Å². The number of nitrogens with zero attached hydrogens (tertiary/aromatic N) is 3. The minimum Gasteiger partial charge on any atom is -0.371 e. The molecule has 150 valence electrons. The van der Waals surface area contributed by atoms with Crippen molar-refractivity contribution in [2.45, 2.75) is 20.3 Å². The van der Waals surface area contributed by atoms with E-state index in [0.717, 1.165) is 41.1 Å². The standard InChI is InChI=1S/C23H25BrN4O/c1-16-12-17(2)28(26-16)21-8-6-19(7-9-21)23(29)25-14-18-10-11-27(15-18)22-5-3-4-20(24)13-22/h3-9,12-13,18H,10-11,14-15H2,1-2H3,(H,25,29). The van der Waals surface area contributed by atoms with Gasteiger partial charge < -0.3 is 10.2 Å². The molecule has 1 aromatic heterocycles. The van der Waals surface area contributed by atoms with Gasteiger partial charge in [-0.1, -0.05) is 22.0 Å². The van der Waals surface area contributed by atoms with Gasteiger partial charge in [-0.15, -0.1) is 0 Å². The lowest BCUT2D eigenvalue weighted by molar-refractivity contribution is 0.0948. The van der Waals surface area contributed by atoms with Gasteiger partial charge in [-0.3, -0.25) is 4.79 Å². The smallest absolute Gasteiger partial charge is 0.251 e. The maximum Gasteiger partial charge on any atom is 0.251 e. The molecule has 1 atom stereocenters. The van der Waals surface area contributed by atoms with E-state index in [0.29, 0.717) is 18.0 Å². The number of hydrogen-bond donors (Lipinski definition) is 1. The Bertz CT molecular complexity index is 1010. The van der Waals surface area contributed by atoms with Crippen LogP contribution in [-0.4, -0.2) is 35.3 Å². The van der Waals surface area contributed by atoms with Crippen molar-refractivity contribution >= 4 is 27.5 Å². The molecular weight excluding hydrogens is 428 g/mol. The number of benzene rings is 2. The fraction of sp³-hybridized carbons (Fsp3) is 0.304. The summed E-state index contributed by atoms with van der Waals surface area (Å²) in [6, 6.07) is 18.0. The summed E-state index contributed by atoms with van der Waals surface area (Å²) in [5.74, 6) is 0.442. The Balaban J connectivity index is 1.32. The molecule has 0 saturated carbocycles. The van der Waals surface area contributed by atoms with Crippen LogP contribution in [0.25, 0.3) is 5.69 Å². The zero-order chi connectivity index (χ0) is 20.4. The molecular formula is C23H25BrN4O. The van der Waals surface area contributed by atoms with Gasteiger partial charge in [0.1, 0.15) is 0 Å². The highest BCUT2D eigenvalue weighted by Gasteiger charge is 2.23. The second-order valence-electron chi connectivity index (χ2n) is 7.68. The van der Waals surface area contributed by atoms with Crippen LogP contribution in [0, 0.1) is 19.8 Å². The zero-order valence-electron chi connectivity index (χ0n) is 16.7. The third-order valence-electron chi connectivity index (χ3n) is 5.39. The molecule has 1 amide bonds. The van der Waals surface area contributed by atoms with Crippen LogP contribution in [0.4, 0.5) is 5.69 Å². The van der Waals surface area contributed by atoms with Crippen molar-refractivity contribution in [1.82, 2.24) is 15.1 Å². The highest BCUT2D eigenvalue weighted by atomic mass is 79.9. The number of rotatable bonds is 5. The number of aromatic nitrogens is 2. The number of nitrogens with one attached hydrogen (secondary N) is 1. The summed E-state index contributed by atoms with van der Waals surface area (Å²) in [7, 11) is 0. The summed E-state index contributed by atoms with van der Waals surface area (Å²) in [6.45, 7) is 6.69. The highest BCUT2D eigenvalue weighted by Crippen LogP contribution is 2.26. The first-order valence-electron chi connectivity index (χ1n) is 9.92. The average Bonchev–Trinajstić information content (AvgIpc) is 3.32. The lowest BCUT2D eigenvalue weighted by atomic mass is 10.1. The Hall–Kier alpha value is -2.60. The quantitative estimate of drug-likeness (QED) is 0.619. The van der Waals surface area contributed by atoms with Crippen LogP contribution >= 0.6 is 15.9 Å². The van der Waals surface area contributed by atoms with E-state index in [1.54, 1.807) is 0 Å². The van der Waals surface area contributed by atoms with Gasteiger partial charge in [0.2, 0.25) is 0 Å². The van der Waals surface area contributed by atoms with E-state index in [2.05, 4.69) is 49.4 Å². The predicted octanol–water partition coefficient (Wildman–Crippen LogP) is 4.51.